The Labute approximate surface area is 164 Å². The van der Waals surface area contributed by atoms with Crippen molar-refractivity contribution in [3.63, 3.8) is 0 Å². The van der Waals surface area contributed by atoms with E-state index in [1.54, 1.807) is 6.07 Å². The minimum absolute atomic E-state index is 0.346. The molecule has 0 unspecified atom stereocenters. The van der Waals surface area contributed by atoms with E-state index in [0.29, 0.717) is 22.6 Å². The second-order valence-electron chi connectivity index (χ2n) is 6.88. The van der Waals surface area contributed by atoms with Gasteiger partial charge in [-0.1, -0.05) is 44.2 Å². The number of rotatable bonds is 6. The number of carbonyl (C=O) groups excluding carboxylic acids is 2. The zero-order valence-corrected chi connectivity index (χ0v) is 16.4. The highest BCUT2D eigenvalue weighted by Crippen LogP contribution is 2.21. The molecular formula is C23H24N2O3. The van der Waals surface area contributed by atoms with E-state index >= 15 is 0 Å². The van der Waals surface area contributed by atoms with Gasteiger partial charge < -0.3 is 10.1 Å². The lowest BCUT2D eigenvalue weighted by atomic mass is 9.99. The number of pyridine rings is 1. The van der Waals surface area contributed by atoms with Gasteiger partial charge in [0, 0.05) is 16.8 Å². The van der Waals surface area contributed by atoms with Crippen molar-refractivity contribution >= 4 is 28.5 Å². The van der Waals surface area contributed by atoms with Crippen molar-refractivity contribution in [2.45, 2.75) is 33.1 Å². The SMILES string of the molecule is CC[C@@H](C)c1ccc(NC(=O)COC(=O)c2cc(C)nc3ccccc23)cc1. The molecule has 0 saturated heterocycles. The van der Waals surface area contributed by atoms with Crippen molar-refractivity contribution in [2.24, 2.45) is 0 Å². The molecule has 1 aromatic heterocycles. The Balaban J connectivity index is 1.63. The third kappa shape index (κ3) is 4.55. The molecule has 1 amide bonds. The number of carbonyl (C=O) groups is 2. The van der Waals surface area contributed by atoms with Crippen LogP contribution in [-0.4, -0.2) is 23.5 Å². The second-order valence-corrected chi connectivity index (χ2v) is 6.88. The standard InChI is InChI=1S/C23H24N2O3/c1-4-15(2)17-9-11-18(12-10-17)25-22(26)14-28-23(27)20-13-16(3)24-21-8-6-5-7-19(20)21/h5-13,15H,4,14H2,1-3H3,(H,25,26)/t15-/m1/s1. The highest BCUT2D eigenvalue weighted by Gasteiger charge is 2.15. The van der Waals surface area contributed by atoms with E-state index in [-0.39, 0.29) is 12.5 Å². The highest BCUT2D eigenvalue weighted by atomic mass is 16.5. The molecule has 0 bridgehead atoms. The van der Waals surface area contributed by atoms with Gasteiger partial charge in [0.05, 0.1) is 11.1 Å². The van der Waals surface area contributed by atoms with Gasteiger partial charge in [-0.3, -0.25) is 9.78 Å². The predicted molar refractivity (Wildman–Crippen MR) is 111 cm³/mol. The summed E-state index contributed by atoms with van der Waals surface area (Å²) >= 11 is 0. The summed E-state index contributed by atoms with van der Waals surface area (Å²) in [7, 11) is 0. The lowest BCUT2D eigenvalue weighted by molar-refractivity contribution is -0.119. The predicted octanol–water partition coefficient (Wildman–Crippen LogP) is 4.85. The number of hydrogen-bond donors (Lipinski definition) is 1. The van der Waals surface area contributed by atoms with Gasteiger partial charge in [0.15, 0.2) is 6.61 Å². The van der Waals surface area contributed by atoms with Gasteiger partial charge in [-0.05, 0) is 49.1 Å². The molecule has 1 heterocycles. The molecule has 1 atom stereocenters. The Kier molecular flexibility index (Phi) is 6.04. The van der Waals surface area contributed by atoms with Crippen LogP contribution in [0.5, 0.6) is 0 Å². The molecular weight excluding hydrogens is 352 g/mol. The Morgan fingerprint density at radius 2 is 1.82 bits per heavy atom. The average molecular weight is 376 g/mol. The van der Waals surface area contributed by atoms with Gasteiger partial charge in [0.2, 0.25) is 0 Å². The molecule has 0 aliphatic rings. The zero-order valence-electron chi connectivity index (χ0n) is 16.4. The highest BCUT2D eigenvalue weighted by molar-refractivity contribution is 6.04. The maximum absolute atomic E-state index is 12.5. The van der Waals surface area contributed by atoms with Crippen LogP contribution >= 0.6 is 0 Å². The van der Waals surface area contributed by atoms with Crippen LogP contribution in [0.25, 0.3) is 10.9 Å². The number of aryl methyl sites for hydroxylation is 1. The summed E-state index contributed by atoms with van der Waals surface area (Å²) in [6, 6.07) is 16.8. The van der Waals surface area contributed by atoms with E-state index < -0.39 is 5.97 Å². The monoisotopic (exact) mass is 376 g/mol. The van der Waals surface area contributed by atoms with Crippen LogP contribution in [-0.2, 0) is 9.53 Å². The fourth-order valence-electron chi connectivity index (χ4n) is 3.01. The number of ether oxygens (including phenoxy) is 1. The molecule has 5 nitrogen and oxygen atoms in total. The Bertz CT molecular complexity index is 996. The molecule has 0 aliphatic carbocycles. The molecule has 144 valence electrons. The van der Waals surface area contributed by atoms with Gasteiger partial charge in [-0.2, -0.15) is 0 Å². The first-order chi connectivity index (χ1) is 13.5. The smallest absolute Gasteiger partial charge is 0.339 e. The first-order valence-electron chi connectivity index (χ1n) is 9.41. The van der Waals surface area contributed by atoms with Crippen LogP contribution in [0.15, 0.2) is 54.6 Å². The molecule has 3 aromatic rings. The third-order valence-electron chi connectivity index (χ3n) is 4.77. The fraction of sp³-hybridized carbons (Fsp3) is 0.261. The van der Waals surface area contributed by atoms with Crippen LogP contribution in [0.1, 0.15) is 47.8 Å². The van der Waals surface area contributed by atoms with E-state index in [2.05, 4.69) is 24.1 Å². The number of esters is 1. The average Bonchev–Trinajstić information content (AvgIpc) is 2.71. The quantitative estimate of drug-likeness (QED) is 0.624. The van der Waals surface area contributed by atoms with Gasteiger partial charge in [-0.25, -0.2) is 4.79 Å². The van der Waals surface area contributed by atoms with Crippen molar-refractivity contribution in [3.05, 3.63) is 71.4 Å². The first kappa shape index (κ1) is 19.5. The number of amides is 1. The molecule has 5 heteroatoms. The van der Waals surface area contributed by atoms with Crippen molar-refractivity contribution < 1.29 is 14.3 Å². The Morgan fingerprint density at radius 3 is 2.54 bits per heavy atom. The Hall–Kier alpha value is -3.21. The van der Waals surface area contributed by atoms with Crippen LogP contribution in [0.3, 0.4) is 0 Å². The summed E-state index contributed by atoms with van der Waals surface area (Å²) < 4.78 is 5.23. The van der Waals surface area contributed by atoms with E-state index in [9.17, 15) is 9.59 Å². The lowest BCUT2D eigenvalue weighted by Gasteiger charge is -2.11. The number of hydrogen-bond acceptors (Lipinski definition) is 4. The van der Waals surface area contributed by atoms with Gasteiger partial charge >= 0.3 is 5.97 Å². The fourth-order valence-corrected chi connectivity index (χ4v) is 3.01. The zero-order chi connectivity index (χ0) is 20.1. The van der Waals surface area contributed by atoms with Crippen LogP contribution < -0.4 is 5.32 Å². The molecule has 0 saturated carbocycles. The first-order valence-corrected chi connectivity index (χ1v) is 9.41. The van der Waals surface area contributed by atoms with Gasteiger partial charge in [0.1, 0.15) is 0 Å². The minimum Gasteiger partial charge on any atom is -0.452 e. The van der Waals surface area contributed by atoms with Crippen molar-refractivity contribution in [3.8, 4) is 0 Å². The maximum Gasteiger partial charge on any atom is 0.339 e. The van der Waals surface area contributed by atoms with Gasteiger partial charge in [-0.15, -0.1) is 0 Å². The third-order valence-corrected chi connectivity index (χ3v) is 4.77. The number of para-hydroxylation sites is 1. The number of aromatic nitrogens is 1. The molecule has 0 spiro atoms. The van der Waals surface area contributed by atoms with E-state index in [1.165, 1.54) is 5.56 Å². The number of anilines is 1. The second kappa shape index (κ2) is 8.65. The lowest BCUT2D eigenvalue weighted by Crippen LogP contribution is -2.21. The topological polar surface area (TPSA) is 68.3 Å². The molecule has 0 aliphatic heterocycles. The van der Waals surface area contributed by atoms with Crippen LogP contribution in [0.4, 0.5) is 5.69 Å². The summed E-state index contributed by atoms with van der Waals surface area (Å²) in [4.78, 5) is 29.1. The van der Waals surface area contributed by atoms with Crippen molar-refractivity contribution in [2.75, 3.05) is 11.9 Å². The summed E-state index contributed by atoms with van der Waals surface area (Å²) in [6.45, 7) is 5.78. The Morgan fingerprint density at radius 1 is 1.11 bits per heavy atom. The molecule has 3 rings (SSSR count). The van der Waals surface area contributed by atoms with Gasteiger partial charge in [0.25, 0.3) is 5.91 Å². The van der Waals surface area contributed by atoms with E-state index in [1.807, 2.05) is 55.5 Å². The summed E-state index contributed by atoms with van der Waals surface area (Å²) in [6.07, 6.45) is 1.06. The largest absolute Gasteiger partial charge is 0.452 e. The normalized spacial score (nSPS) is 11.8. The number of benzene rings is 2. The molecule has 1 N–H and O–H groups in total. The molecule has 28 heavy (non-hydrogen) atoms. The van der Waals surface area contributed by atoms with E-state index in [4.69, 9.17) is 4.74 Å². The summed E-state index contributed by atoms with van der Waals surface area (Å²) in [5, 5.41) is 3.46. The molecule has 2 aromatic carbocycles. The van der Waals surface area contributed by atoms with Crippen molar-refractivity contribution in [1.82, 2.24) is 4.98 Å². The van der Waals surface area contributed by atoms with E-state index in [0.717, 1.165) is 17.6 Å². The number of nitrogens with one attached hydrogen (secondary N) is 1. The van der Waals surface area contributed by atoms with Crippen LogP contribution in [0.2, 0.25) is 0 Å². The number of nitrogens with zero attached hydrogens (tertiary/aromatic N) is 1. The van der Waals surface area contributed by atoms with Crippen LogP contribution in [0, 0.1) is 6.92 Å². The molecule has 0 fully saturated rings. The summed E-state index contributed by atoms with van der Waals surface area (Å²) in [5.41, 5.74) is 3.76. The maximum atomic E-state index is 12.5. The van der Waals surface area contributed by atoms with Crippen molar-refractivity contribution in [1.29, 1.82) is 0 Å². The molecule has 0 radical (unpaired) electrons. The summed E-state index contributed by atoms with van der Waals surface area (Å²) in [5.74, 6) is -0.437. The number of fused-ring (bicyclic) bond motifs is 1. The minimum atomic E-state index is -0.538.